The largest absolute Gasteiger partial charge is 0.495 e. The van der Waals surface area contributed by atoms with E-state index in [2.05, 4.69) is 37.2 Å². The normalized spacial score (nSPS) is 11.0. The van der Waals surface area contributed by atoms with Gasteiger partial charge in [0.25, 0.3) is 0 Å². The highest BCUT2D eigenvalue weighted by atomic mass is 79.9. The third-order valence-electron chi connectivity index (χ3n) is 3.54. The fourth-order valence-corrected chi connectivity index (χ4v) is 3.84. The molecule has 1 heterocycles. The Morgan fingerprint density at radius 1 is 1.15 bits per heavy atom. The summed E-state index contributed by atoms with van der Waals surface area (Å²) in [4.78, 5) is 23.4. The van der Waals surface area contributed by atoms with Crippen LogP contribution in [0.3, 0.4) is 0 Å². The van der Waals surface area contributed by atoms with Crippen molar-refractivity contribution in [3.05, 3.63) is 73.5 Å². The Morgan fingerprint density at radius 3 is 2.73 bits per heavy atom. The fraction of sp³-hybridized carbons (Fsp3) is 0.0526. The van der Waals surface area contributed by atoms with E-state index in [-0.39, 0.29) is 5.91 Å². The second-order valence-corrected chi connectivity index (χ2v) is 7.11. The van der Waals surface area contributed by atoms with Crippen LogP contribution in [0.25, 0.3) is 17.0 Å². The zero-order valence-corrected chi connectivity index (χ0v) is 16.8. The molecule has 1 amide bonds. The minimum atomic E-state index is -0.411. The molecule has 0 saturated heterocycles. The molecule has 0 radical (unpaired) electrons. The molecule has 2 aromatic carbocycles. The molecular formula is C19H13Br2NO4. The highest BCUT2D eigenvalue weighted by molar-refractivity contribution is 9.11. The number of hydrogen-bond donors (Lipinski definition) is 1. The first-order valence-electron chi connectivity index (χ1n) is 7.52. The van der Waals surface area contributed by atoms with Crippen LogP contribution in [0.2, 0.25) is 0 Å². The van der Waals surface area contributed by atoms with Crippen molar-refractivity contribution >= 4 is 60.5 Å². The van der Waals surface area contributed by atoms with Gasteiger partial charge >= 0.3 is 5.63 Å². The van der Waals surface area contributed by atoms with Crippen LogP contribution in [-0.2, 0) is 4.79 Å². The van der Waals surface area contributed by atoms with Crippen LogP contribution < -0.4 is 15.7 Å². The number of nitrogens with one attached hydrogen (secondary N) is 1. The Morgan fingerprint density at radius 2 is 1.96 bits per heavy atom. The Hall–Kier alpha value is -2.38. The van der Waals surface area contributed by atoms with Gasteiger partial charge in [0.2, 0.25) is 5.91 Å². The van der Waals surface area contributed by atoms with Gasteiger partial charge in [-0.1, -0.05) is 15.9 Å². The molecule has 1 N–H and O–H groups in total. The minimum absolute atomic E-state index is 0.292. The second kappa shape index (κ2) is 7.88. The molecule has 0 spiro atoms. The van der Waals surface area contributed by atoms with E-state index in [1.807, 2.05) is 12.1 Å². The summed E-state index contributed by atoms with van der Waals surface area (Å²) in [5.41, 5.74) is 1.41. The van der Waals surface area contributed by atoms with Crippen LogP contribution >= 0.6 is 31.9 Å². The number of ether oxygens (including phenoxy) is 1. The molecule has 5 nitrogen and oxygen atoms in total. The molecule has 26 heavy (non-hydrogen) atoms. The molecule has 3 rings (SSSR count). The molecule has 0 aliphatic carbocycles. The topological polar surface area (TPSA) is 68.5 Å². The number of amides is 1. The van der Waals surface area contributed by atoms with Gasteiger partial charge in [-0.05, 0) is 58.4 Å². The summed E-state index contributed by atoms with van der Waals surface area (Å²) in [6, 6.07) is 11.8. The maximum Gasteiger partial charge on any atom is 0.336 e. The predicted octanol–water partition coefficient (Wildman–Crippen LogP) is 4.98. The summed E-state index contributed by atoms with van der Waals surface area (Å²) in [7, 11) is 1.57. The van der Waals surface area contributed by atoms with Crippen molar-refractivity contribution in [1.82, 2.24) is 0 Å². The third kappa shape index (κ3) is 4.23. The average molecular weight is 479 g/mol. The predicted molar refractivity (Wildman–Crippen MR) is 109 cm³/mol. The summed E-state index contributed by atoms with van der Waals surface area (Å²) in [6.45, 7) is 0. The molecule has 0 atom stereocenters. The van der Waals surface area contributed by atoms with Crippen molar-refractivity contribution in [3.8, 4) is 5.75 Å². The fourth-order valence-electron chi connectivity index (χ4n) is 2.42. The van der Waals surface area contributed by atoms with E-state index >= 15 is 0 Å². The number of carbonyl (C=O) groups is 1. The maximum absolute atomic E-state index is 12.2. The van der Waals surface area contributed by atoms with Crippen molar-refractivity contribution in [2.75, 3.05) is 12.4 Å². The lowest BCUT2D eigenvalue weighted by molar-refractivity contribution is -0.111. The second-order valence-electron chi connectivity index (χ2n) is 5.34. The number of fused-ring (bicyclic) bond motifs is 1. The van der Waals surface area contributed by atoms with Crippen LogP contribution in [0.5, 0.6) is 5.75 Å². The van der Waals surface area contributed by atoms with E-state index in [1.54, 1.807) is 37.5 Å². The van der Waals surface area contributed by atoms with E-state index in [0.717, 1.165) is 19.9 Å². The first kappa shape index (κ1) is 18.4. The van der Waals surface area contributed by atoms with Crippen molar-refractivity contribution in [2.24, 2.45) is 0 Å². The molecule has 0 saturated carbocycles. The highest BCUT2D eigenvalue weighted by Gasteiger charge is 2.08. The van der Waals surface area contributed by atoms with Gasteiger partial charge < -0.3 is 14.5 Å². The SMILES string of the molecule is COc1c(Br)cc(Br)cc1C=CC(=O)Nc1ccc2oc(=O)ccc2c1. The van der Waals surface area contributed by atoms with Gasteiger partial charge in [-0.15, -0.1) is 0 Å². The van der Waals surface area contributed by atoms with Crippen LogP contribution in [0.4, 0.5) is 5.69 Å². The van der Waals surface area contributed by atoms with E-state index in [4.69, 9.17) is 9.15 Å². The lowest BCUT2D eigenvalue weighted by atomic mass is 10.2. The van der Waals surface area contributed by atoms with Crippen molar-refractivity contribution in [3.63, 3.8) is 0 Å². The third-order valence-corrected chi connectivity index (χ3v) is 4.59. The van der Waals surface area contributed by atoms with Gasteiger partial charge in [0.1, 0.15) is 11.3 Å². The number of halogens is 2. The van der Waals surface area contributed by atoms with Crippen LogP contribution in [0.15, 0.2) is 66.7 Å². The lowest BCUT2D eigenvalue weighted by Gasteiger charge is -2.08. The number of hydrogen-bond acceptors (Lipinski definition) is 4. The molecule has 1 aromatic heterocycles. The molecular weight excluding hydrogens is 466 g/mol. The molecule has 0 bridgehead atoms. The van der Waals surface area contributed by atoms with Gasteiger partial charge in [-0.3, -0.25) is 4.79 Å². The van der Waals surface area contributed by atoms with Crippen molar-refractivity contribution in [1.29, 1.82) is 0 Å². The standard InChI is InChI=1S/C19H13Br2NO4/c1-25-19-12(8-13(20)10-15(19)21)2-6-17(23)22-14-4-5-16-11(9-14)3-7-18(24)26-16/h2-10H,1H3,(H,22,23). The van der Waals surface area contributed by atoms with Crippen molar-refractivity contribution < 1.29 is 13.9 Å². The number of anilines is 1. The molecule has 0 aliphatic heterocycles. The number of benzene rings is 2. The van der Waals surface area contributed by atoms with E-state index < -0.39 is 5.63 Å². The first-order chi connectivity index (χ1) is 12.5. The van der Waals surface area contributed by atoms with Gasteiger partial charge in [0.15, 0.2) is 0 Å². The average Bonchev–Trinajstić information content (AvgIpc) is 2.59. The summed E-state index contributed by atoms with van der Waals surface area (Å²) < 4.78 is 12.1. The van der Waals surface area contributed by atoms with Crippen LogP contribution in [0, 0.1) is 0 Å². The van der Waals surface area contributed by atoms with Crippen LogP contribution in [0.1, 0.15) is 5.56 Å². The lowest BCUT2D eigenvalue weighted by Crippen LogP contribution is -2.07. The van der Waals surface area contributed by atoms with Gasteiger partial charge in [0, 0.05) is 33.3 Å². The summed E-state index contributed by atoms with van der Waals surface area (Å²) >= 11 is 6.84. The maximum atomic E-state index is 12.2. The van der Waals surface area contributed by atoms with Crippen molar-refractivity contribution in [2.45, 2.75) is 0 Å². The quantitative estimate of drug-likeness (QED) is 0.424. The molecule has 0 fully saturated rings. The number of carbonyl (C=O) groups excluding carboxylic acids is 1. The Bertz CT molecular complexity index is 1070. The summed E-state index contributed by atoms with van der Waals surface area (Å²) in [5.74, 6) is 0.345. The molecule has 0 aliphatic rings. The zero-order valence-electron chi connectivity index (χ0n) is 13.6. The van der Waals surface area contributed by atoms with E-state index in [1.165, 1.54) is 12.1 Å². The summed E-state index contributed by atoms with van der Waals surface area (Å²) in [5, 5.41) is 3.50. The molecule has 3 aromatic rings. The minimum Gasteiger partial charge on any atom is -0.495 e. The Balaban J connectivity index is 1.80. The highest BCUT2D eigenvalue weighted by Crippen LogP contribution is 2.33. The Labute approximate surface area is 165 Å². The monoisotopic (exact) mass is 477 g/mol. The Kier molecular flexibility index (Phi) is 5.58. The molecule has 7 heteroatoms. The molecule has 132 valence electrons. The van der Waals surface area contributed by atoms with Gasteiger partial charge in [0.05, 0.1) is 11.6 Å². The van der Waals surface area contributed by atoms with E-state index in [9.17, 15) is 9.59 Å². The van der Waals surface area contributed by atoms with Crippen LogP contribution in [-0.4, -0.2) is 13.0 Å². The van der Waals surface area contributed by atoms with Gasteiger partial charge in [-0.2, -0.15) is 0 Å². The summed E-state index contributed by atoms with van der Waals surface area (Å²) in [6.07, 6.45) is 3.09. The van der Waals surface area contributed by atoms with Gasteiger partial charge in [-0.25, -0.2) is 4.79 Å². The zero-order chi connectivity index (χ0) is 18.7. The van der Waals surface area contributed by atoms with E-state index in [0.29, 0.717) is 17.0 Å². The number of methoxy groups -OCH3 is 1. The molecule has 0 unspecified atom stereocenters. The smallest absolute Gasteiger partial charge is 0.336 e. The number of rotatable bonds is 4. The first-order valence-corrected chi connectivity index (χ1v) is 9.11.